The van der Waals surface area contributed by atoms with Crippen LogP contribution in [0.5, 0.6) is 0 Å². The Morgan fingerprint density at radius 3 is 1.16 bits per heavy atom. The Kier molecular flexibility index (Phi) is 58.6. The summed E-state index contributed by atoms with van der Waals surface area (Å²) in [5.41, 5.74) is 0. The van der Waals surface area contributed by atoms with Gasteiger partial charge in [-0.2, -0.15) is 0 Å². The number of allylic oxidation sites excluding steroid dienone is 7. The van der Waals surface area contributed by atoms with Gasteiger partial charge in [-0.15, -0.1) is 0 Å². The van der Waals surface area contributed by atoms with E-state index in [0.29, 0.717) is 23.9 Å². The maximum atomic E-state index is 13.6. The van der Waals surface area contributed by atoms with Gasteiger partial charge in [-0.25, -0.2) is 4.57 Å². The lowest BCUT2D eigenvalue weighted by atomic mass is 10.0. The van der Waals surface area contributed by atoms with E-state index in [2.05, 4.69) is 62.5 Å². The van der Waals surface area contributed by atoms with Gasteiger partial charge in [-0.3, -0.25) is 18.6 Å². The summed E-state index contributed by atoms with van der Waals surface area (Å²) in [7, 11) is 1.51. The monoisotopic (exact) mass is 1150 g/mol. The summed E-state index contributed by atoms with van der Waals surface area (Å²) < 4.78 is 30.8. The van der Waals surface area contributed by atoms with Crippen LogP contribution >= 0.6 is 7.82 Å². The Bertz CT molecular complexity index is 1510. The average molecular weight is 1150 g/mol. The van der Waals surface area contributed by atoms with Crippen LogP contribution in [0.25, 0.3) is 0 Å². The van der Waals surface area contributed by atoms with Gasteiger partial charge in [-0.1, -0.05) is 301 Å². The van der Waals surface area contributed by atoms with Crippen LogP contribution in [0.15, 0.2) is 48.6 Å². The Hall–Kier alpha value is -2.03. The lowest BCUT2D eigenvalue weighted by Crippen LogP contribution is -2.47. The number of likely N-dealkylation sites (N-methyl/N-ethyl adjacent to an activating group) is 1. The van der Waals surface area contributed by atoms with Gasteiger partial charge in [0.1, 0.15) is 19.3 Å². The first-order chi connectivity index (χ1) is 38.9. The number of hydrogen-bond donors (Lipinski definition) is 2. The van der Waals surface area contributed by atoms with Crippen LogP contribution in [-0.4, -0.2) is 74.3 Å². The van der Waals surface area contributed by atoms with E-state index < -0.39 is 20.0 Å². The fraction of sp³-hybridized carbons (Fsp3) is 0.857. The molecule has 470 valence electrons. The second-order valence-electron chi connectivity index (χ2n) is 24.7. The molecule has 0 spiro atoms. The van der Waals surface area contributed by atoms with E-state index in [4.69, 9.17) is 13.8 Å². The first kappa shape index (κ1) is 78.0. The van der Waals surface area contributed by atoms with Gasteiger partial charge in [0.05, 0.1) is 33.8 Å². The summed E-state index contributed by atoms with van der Waals surface area (Å²) in [6, 6.07) is -0.846. The van der Waals surface area contributed by atoms with E-state index in [-0.39, 0.29) is 25.1 Å². The first-order valence-corrected chi connectivity index (χ1v) is 36.0. The molecule has 0 bridgehead atoms. The van der Waals surface area contributed by atoms with Crippen molar-refractivity contribution in [1.29, 1.82) is 0 Å². The molecule has 0 aliphatic carbocycles. The number of quaternary nitrogens is 1. The molecule has 2 N–H and O–H groups in total. The van der Waals surface area contributed by atoms with Crippen LogP contribution in [0.2, 0.25) is 0 Å². The number of hydrogen-bond acceptors (Lipinski definition) is 6. The molecule has 0 saturated heterocycles. The number of phosphoric acid groups is 1. The smallest absolute Gasteiger partial charge is 0.456 e. The summed E-state index contributed by atoms with van der Waals surface area (Å²) in [5, 5.41) is 3.07. The number of unbranched alkanes of at least 4 members (excludes halogenated alkanes) is 41. The molecule has 0 saturated carbocycles. The molecule has 0 aliphatic rings. The second-order valence-corrected chi connectivity index (χ2v) is 26.2. The minimum absolute atomic E-state index is 0.0422. The summed E-state index contributed by atoms with van der Waals surface area (Å²) in [6.07, 6.45) is 75.4. The van der Waals surface area contributed by atoms with Crippen LogP contribution in [0.3, 0.4) is 0 Å². The van der Waals surface area contributed by atoms with Crippen LogP contribution in [-0.2, 0) is 27.9 Å². The number of rotatable bonds is 63. The molecule has 0 fully saturated rings. The highest BCUT2D eigenvalue weighted by molar-refractivity contribution is 7.47. The lowest BCUT2D eigenvalue weighted by Gasteiger charge is -2.27. The molecule has 0 aromatic rings. The molecular weight excluding hydrogens is 1010 g/mol. The molecule has 0 aromatic carbocycles. The van der Waals surface area contributed by atoms with Crippen molar-refractivity contribution in [2.45, 2.75) is 348 Å². The zero-order chi connectivity index (χ0) is 58.6. The summed E-state index contributed by atoms with van der Waals surface area (Å²) >= 11 is 0. The third-order valence-corrected chi connectivity index (χ3v) is 16.5. The van der Waals surface area contributed by atoms with E-state index in [1.54, 1.807) is 0 Å². The van der Waals surface area contributed by atoms with Gasteiger partial charge >= 0.3 is 13.8 Å². The van der Waals surface area contributed by atoms with Crippen molar-refractivity contribution in [3.63, 3.8) is 0 Å². The molecule has 10 heteroatoms. The molecule has 3 unspecified atom stereocenters. The lowest BCUT2D eigenvalue weighted by molar-refractivity contribution is -0.870. The SMILES string of the molecule is CCCCC/C=C\C/C=C\C/C=C\CCCCCCCCCCCCCCCCC(=O)NC(COP(=O)(O)OCC[N+](C)(C)C)C(/C=C\CCCCCCCCCCCC)OC(=O)CCCCCCCCCCCCCCCCC. The van der Waals surface area contributed by atoms with E-state index >= 15 is 0 Å². The highest BCUT2D eigenvalue weighted by atomic mass is 31.2. The fourth-order valence-corrected chi connectivity index (χ4v) is 10.9. The van der Waals surface area contributed by atoms with Crippen LogP contribution in [0.1, 0.15) is 335 Å². The third kappa shape index (κ3) is 60.6. The van der Waals surface area contributed by atoms with E-state index in [0.717, 1.165) is 70.6 Å². The number of carbonyl (C=O) groups is 2. The number of nitrogens with zero attached hydrogens (tertiary/aromatic N) is 1. The molecule has 9 nitrogen and oxygen atoms in total. The van der Waals surface area contributed by atoms with Gasteiger partial charge in [0.15, 0.2) is 0 Å². The first-order valence-electron chi connectivity index (χ1n) is 34.5. The second kappa shape index (κ2) is 60.1. The molecule has 0 aliphatic heterocycles. The predicted octanol–water partition coefficient (Wildman–Crippen LogP) is 21.6. The molecule has 80 heavy (non-hydrogen) atoms. The average Bonchev–Trinajstić information content (AvgIpc) is 3.42. The zero-order valence-electron chi connectivity index (χ0n) is 53.8. The quantitative estimate of drug-likeness (QED) is 0.0205. The fourth-order valence-electron chi connectivity index (χ4n) is 10.2. The van der Waals surface area contributed by atoms with Crippen molar-refractivity contribution in [1.82, 2.24) is 5.32 Å². The van der Waals surface area contributed by atoms with E-state index in [1.165, 1.54) is 231 Å². The van der Waals surface area contributed by atoms with Crippen LogP contribution < -0.4 is 5.32 Å². The van der Waals surface area contributed by atoms with Gasteiger partial charge < -0.3 is 19.4 Å². The molecular formula is C70H134N2O7P+. The topological polar surface area (TPSA) is 111 Å². The molecule has 0 radical (unpaired) electrons. The third-order valence-electron chi connectivity index (χ3n) is 15.5. The summed E-state index contributed by atoms with van der Waals surface area (Å²) in [5.74, 6) is -0.490. The van der Waals surface area contributed by atoms with Crippen molar-refractivity contribution >= 4 is 19.7 Å². The highest BCUT2D eigenvalue weighted by Gasteiger charge is 2.30. The van der Waals surface area contributed by atoms with Gasteiger partial charge in [0.2, 0.25) is 5.91 Å². The Morgan fingerprint density at radius 2 is 0.762 bits per heavy atom. The van der Waals surface area contributed by atoms with E-state index in [1.807, 2.05) is 33.3 Å². The minimum atomic E-state index is -4.45. The largest absolute Gasteiger partial charge is 0.472 e. The standard InChI is InChI=1S/C70H133N2O7P/c1-7-10-13-16-19-22-25-28-30-31-32-33-34-35-36-37-38-39-40-41-43-44-47-50-53-56-59-62-69(73)71-67(66-78-80(75,76)77-65-64-72(4,5)6)68(61-58-55-52-49-46-27-24-21-18-15-12-9-3)79-70(74)63-60-57-54-51-48-45-42-29-26-23-20-17-14-11-8-2/h19,22,28,30,32-33,58,61,67-68H,7-18,20-21,23-27,29,31,34-57,59-60,62-66H2,1-6H3,(H-,71,73,75,76)/p+1/b22-19-,30-28-,33-32-,61-58-. The van der Waals surface area contributed by atoms with Crippen LogP contribution in [0.4, 0.5) is 0 Å². The number of phosphoric ester groups is 1. The Balaban J connectivity index is 5.00. The molecule has 0 heterocycles. The predicted molar refractivity (Wildman–Crippen MR) is 346 cm³/mol. The Morgan fingerprint density at radius 1 is 0.438 bits per heavy atom. The number of carbonyl (C=O) groups excluding carboxylic acids is 2. The van der Waals surface area contributed by atoms with Crippen LogP contribution in [0, 0.1) is 0 Å². The number of amides is 1. The van der Waals surface area contributed by atoms with Gasteiger partial charge in [0.25, 0.3) is 0 Å². The summed E-state index contributed by atoms with van der Waals surface area (Å²) in [4.78, 5) is 37.8. The van der Waals surface area contributed by atoms with Crippen molar-refractivity contribution in [3.8, 4) is 0 Å². The minimum Gasteiger partial charge on any atom is -0.456 e. The molecule has 0 aromatic heterocycles. The van der Waals surface area contributed by atoms with E-state index in [9.17, 15) is 19.0 Å². The summed E-state index contributed by atoms with van der Waals surface area (Å²) in [6.45, 7) is 7.03. The maximum absolute atomic E-state index is 13.6. The molecule has 0 rings (SSSR count). The Labute approximate surface area is 497 Å². The zero-order valence-corrected chi connectivity index (χ0v) is 54.7. The van der Waals surface area contributed by atoms with Crippen molar-refractivity contribution < 1.29 is 37.3 Å². The molecule has 3 atom stereocenters. The molecule has 1 amide bonds. The number of esters is 1. The van der Waals surface area contributed by atoms with Gasteiger partial charge in [0, 0.05) is 12.8 Å². The maximum Gasteiger partial charge on any atom is 0.472 e. The van der Waals surface area contributed by atoms with Crippen molar-refractivity contribution in [2.24, 2.45) is 0 Å². The van der Waals surface area contributed by atoms with Crippen molar-refractivity contribution in [3.05, 3.63) is 48.6 Å². The van der Waals surface area contributed by atoms with Gasteiger partial charge in [-0.05, 0) is 70.3 Å². The van der Waals surface area contributed by atoms with Crippen molar-refractivity contribution in [2.75, 3.05) is 40.9 Å². The normalized spacial score (nSPS) is 13.8. The highest BCUT2D eigenvalue weighted by Crippen LogP contribution is 2.43. The number of ether oxygens (including phenoxy) is 1. The number of nitrogens with one attached hydrogen (secondary N) is 1.